The van der Waals surface area contributed by atoms with Gasteiger partial charge in [0.05, 0.1) is 6.10 Å². The summed E-state index contributed by atoms with van der Waals surface area (Å²) < 4.78 is 13.2. The van der Waals surface area contributed by atoms with Gasteiger partial charge in [0.25, 0.3) is 8.32 Å². The Bertz CT molecular complexity index is 624. The number of hydrogen-bond donors (Lipinski definition) is 0. The lowest BCUT2D eigenvalue weighted by atomic mass is 9.84. The second-order valence-electron chi connectivity index (χ2n) is 10.1. The van der Waals surface area contributed by atoms with E-state index in [1.165, 1.54) is 0 Å². The van der Waals surface area contributed by atoms with Crippen molar-refractivity contribution < 1.29 is 13.6 Å². The number of hydrogen-bond acceptors (Lipinski definition) is 3. The number of carbonyl (C=O) groups is 1. The molecule has 1 aromatic rings. The molecule has 3 nitrogen and oxygen atoms in total. The Morgan fingerprint density at radius 3 is 1.79 bits per heavy atom. The average Bonchev–Trinajstić information content (AvgIpc) is 2.55. The molecule has 1 radical (unpaired) electrons. The quantitative estimate of drug-likeness (QED) is 0.307. The summed E-state index contributed by atoms with van der Waals surface area (Å²) in [4.78, 5) is 11.7. The van der Waals surface area contributed by atoms with Crippen molar-refractivity contribution in [3.05, 3.63) is 29.3 Å². The topological polar surface area (TPSA) is 35.5 Å². The number of rotatable bonds is 9. The highest BCUT2D eigenvalue weighted by molar-refractivity contribution is 6.78. The van der Waals surface area contributed by atoms with Crippen molar-refractivity contribution in [2.75, 3.05) is 0 Å². The molecular weight excluding hydrogens is 380 g/mol. The van der Waals surface area contributed by atoms with Crippen molar-refractivity contribution in [1.82, 2.24) is 0 Å². The average molecular weight is 422 g/mol. The van der Waals surface area contributed by atoms with Crippen LogP contribution in [0.2, 0.25) is 29.7 Å². The van der Waals surface area contributed by atoms with Crippen LogP contribution in [0.5, 0.6) is 5.75 Å². The lowest BCUT2D eigenvalue weighted by Crippen LogP contribution is -2.50. The predicted octanol–water partition coefficient (Wildman–Crippen LogP) is 7.41. The second-order valence-corrected chi connectivity index (χ2v) is 17.6. The molecule has 1 atom stereocenters. The number of benzene rings is 1. The number of carbonyl (C=O) groups excluding carboxylic acids is 1. The van der Waals surface area contributed by atoms with E-state index in [1.807, 2.05) is 12.1 Å². The third-order valence-corrected chi connectivity index (χ3v) is 12.2. The minimum Gasteiger partial charge on any atom is -0.543 e. The van der Waals surface area contributed by atoms with Crippen LogP contribution in [0.1, 0.15) is 84.3 Å². The van der Waals surface area contributed by atoms with E-state index >= 15 is 0 Å². The van der Waals surface area contributed by atoms with E-state index in [2.05, 4.69) is 81.5 Å². The van der Waals surface area contributed by atoms with Gasteiger partial charge < -0.3 is 8.85 Å². The number of aldehydes is 1. The Morgan fingerprint density at radius 1 is 0.929 bits per heavy atom. The van der Waals surface area contributed by atoms with Crippen LogP contribution < -0.4 is 4.43 Å². The normalized spacial score (nSPS) is 14.2. The molecular formula is C23H41O3Si2. The van der Waals surface area contributed by atoms with Gasteiger partial charge >= 0.3 is 0 Å². The fourth-order valence-electron chi connectivity index (χ4n) is 4.46. The molecule has 28 heavy (non-hydrogen) atoms. The molecule has 0 bridgehead atoms. The molecule has 5 heteroatoms. The fourth-order valence-corrected chi connectivity index (χ4v) is 10.7. The highest BCUT2D eigenvalue weighted by Gasteiger charge is 2.47. The van der Waals surface area contributed by atoms with E-state index in [-0.39, 0.29) is 11.5 Å². The zero-order valence-corrected chi connectivity index (χ0v) is 21.8. The van der Waals surface area contributed by atoms with Crippen LogP contribution in [0.3, 0.4) is 0 Å². The minimum atomic E-state index is -2.09. The summed E-state index contributed by atoms with van der Waals surface area (Å²) in [5.74, 6) is 0.821. The maximum atomic E-state index is 11.7. The standard InChI is InChI=1S/C23H41O3Si2/c1-16(2)28(17(3)4,18(5)6)26-21-13-19(15-24)12-20(14-21)22(23(7,8)9)25-27(10)11/h12-18,22H,1-11H3. The maximum Gasteiger partial charge on any atom is 0.258 e. The Hall–Kier alpha value is -0.916. The lowest BCUT2D eigenvalue weighted by molar-refractivity contribution is 0.0863. The molecule has 0 aliphatic heterocycles. The predicted molar refractivity (Wildman–Crippen MR) is 124 cm³/mol. The molecule has 0 aliphatic carbocycles. The largest absolute Gasteiger partial charge is 0.543 e. The van der Waals surface area contributed by atoms with Crippen LogP contribution in [0.25, 0.3) is 0 Å². The maximum absolute atomic E-state index is 11.7. The molecule has 0 aromatic heterocycles. The van der Waals surface area contributed by atoms with Gasteiger partial charge in [-0.1, -0.05) is 62.3 Å². The van der Waals surface area contributed by atoms with Gasteiger partial charge in [0, 0.05) is 5.56 Å². The molecule has 1 unspecified atom stereocenters. The third kappa shape index (κ3) is 5.80. The van der Waals surface area contributed by atoms with Crippen LogP contribution in [-0.4, -0.2) is 23.6 Å². The SMILES string of the molecule is CC(C)[Si](Oc1cc(C=O)cc(C(O[Si](C)C)C(C)(C)C)c1)(C(C)C)C(C)C. The van der Waals surface area contributed by atoms with Crippen molar-refractivity contribution in [2.24, 2.45) is 5.41 Å². The first-order chi connectivity index (χ1) is 12.7. The summed E-state index contributed by atoms with van der Waals surface area (Å²) in [5, 5.41) is 0. The molecule has 1 rings (SSSR count). The van der Waals surface area contributed by atoms with Crippen molar-refractivity contribution in [3.8, 4) is 5.75 Å². The molecule has 1 aromatic carbocycles. The van der Waals surface area contributed by atoms with Gasteiger partial charge in [-0.2, -0.15) is 0 Å². The molecule has 0 aliphatic rings. The third-order valence-electron chi connectivity index (χ3n) is 5.53. The molecule has 0 fully saturated rings. The van der Waals surface area contributed by atoms with E-state index in [0.29, 0.717) is 22.2 Å². The summed E-state index contributed by atoms with van der Waals surface area (Å²) in [7, 11) is -2.98. The first kappa shape index (κ1) is 25.1. The summed E-state index contributed by atoms with van der Waals surface area (Å²) >= 11 is 0. The summed E-state index contributed by atoms with van der Waals surface area (Å²) in [6.45, 7) is 24.5. The molecule has 0 amide bonds. The van der Waals surface area contributed by atoms with Crippen LogP contribution in [0.15, 0.2) is 18.2 Å². The van der Waals surface area contributed by atoms with Crippen molar-refractivity contribution in [1.29, 1.82) is 0 Å². The van der Waals surface area contributed by atoms with Crippen molar-refractivity contribution in [3.63, 3.8) is 0 Å². The van der Waals surface area contributed by atoms with Crippen LogP contribution in [0, 0.1) is 5.41 Å². The molecule has 0 N–H and O–H groups in total. The van der Waals surface area contributed by atoms with Crippen molar-refractivity contribution in [2.45, 2.75) is 98.1 Å². The van der Waals surface area contributed by atoms with Gasteiger partial charge in [0.15, 0.2) is 0 Å². The molecule has 159 valence electrons. The van der Waals surface area contributed by atoms with Gasteiger partial charge in [0.1, 0.15) is 12.0 Å². The summed E-state index contributed by atoms with van der Waals surface area (Å²) in [6.07, 6.45) is 0.857. The summed E-state index contributed by atoms with van der Waals surface area (Å²) in [5.41, 5.74) is 3.07. The molecule has 0 saturated heterocycles. The van der Waals surface area contributed by atoms with Crippen LogP contribution in [-0.2, 0) is 4.43 Å². The van der Waals surface area contributed by atoms with Crippen LogP contribution >= 0.6 is 0 Å². The van der Waals surface area contributed by atoms with E-state index in [1.54, 1.807) is 0 Å². The monoisotopic (exact) mass is 421 g/mol. The van der Waals surface area contributed by atoms with Gasteiger partial charge in [-0.25, -0.2) is 0 Å². The van der Waals surface area contributed by atoms with Gasteiger partial charge in [-0.3, -0.25) is 4.79 Å². The lowest BCUT2D eigenvalue weighted by Gasteiger charge is -2.42. The van der Waals surface area contributed by atoms with E-state index in [9.17, 15) is 4.79 Å². The first-order valence-electron chi connectivity index (χ1n) is 10.5. The fraction of sp³-hybridized carbons (Fsp3) is 0.696. The smallest absolute Gasteiger partial charge is 0.258 e. The Kier molecular flexibility index (Phi) is 8.72. The molecule has 0 spiro atoms. The zero-order chi connectivity index (χ0) is 21.9. The highest BCUT2D eigenvalue weighted by atomic mass is 28.4. The van der Waals surface area contributed by atoms with Crippen molar-refractivity contribution >= 4 is 23.6 Å². The summed E-state index contributed by atoms with van der Waals surface area (Å²) in [6, 6.07) is 5.97. The Balaban J connectivity index is 3.53. The van der Waals surface area contributed by atoms with Crippen LogP contribution in [0.4, 0.5) is 0 Å². The molecule has 0 saturated carbocycles. The van der Waals surface area contributed by atoms with E-state index in [4.69, 9.17) is 8.85 Å². The van der Waals surface area contributed by atoms with Gasteiger partial charge in [0.2, 0.25) is 9.04 Å². The van der Waals surface area contributed by atoms with E-state index in [0.717, 1.165) is 17.6 Å². The highest BCUT2D eigenvalue weighted by Crippen LogP contribution is 2.44. The van der Waals surface area contributed by atoms with Gasteiger partial charge in [-0.05, 0) is 58.9 Å². The zero-order valence-electron chi connectivity index (χ0n) is 19.8. The van der Waals surface area contributed by atoms with Gasteiger partial charge in [-0.15, -0.1) is 0 Å². The minimum absolute atomic E-state index is 0.0631. The Labute approximate surface area is 176 Å². The Morgan fingerprint density at radius 2 is 1.43 bits per heavy atom. The van der Waals surface area contributed by atoms with E-state index < -0.39 is 17.4 Å². The second kappa shape index (κ2) is 9.72. The first-order valence-corrected chi connectivity index (χ1v) is 15.1. The molecule has 0 heterocycles.